The molecule has 0 aliphatic heterocycles. The maximum absolute atomic E-state index is 11.0. The largest absolute Gasteiger partial charge is 0.480 e. The van der Waals surface area contributed by atoms with Crippen LogP contribution in [0.25, 0.3) is 5.69 Å². The first kappa shape index (κ1) is 11.6. The molecule has 2 aromatic rings. The number of anilines is 1. The van der Waals surface area contributed by atoms with E-state index in [9.17, 15) is 4.79 Å². The van der Waals surface area contributed by atoms with Crippen molar-refractivity contribution < 1.29 is 9.90 Å². The van der Waals surface area contributed by atoms with Gasteiger partial charge in [0, 0.05) is 6.04 Å². The second kappa shape index (κ2) is 4.68. The zero-order valence-electron chi connectivity index (χ0n) is 10.2. The lowest BCUT2D eigenvalue weighted by Crippen LogP contribution is -2.34. The van der Waals surface area contributed by atoms with Gasteiger partial charge in [-0.15, -0.1) is 0 Å². The molecule has 1 fully saturated rings. The molecule has 98 valence electrons. The number of benzene rings is 1. The molecule has 1 aliphatic rings. The van der Waals surface area contributed by atoms with Crippen LogP contribution in [0, 0.1) is 0 Å². The van der Waals surface area contributed by atoms with Crippen LogP contribution >= 0.6 is 0 Å². The third kappa shape index (κ3) is 2.40. The van der Waals surface area contributed by atoms with Crippen LogP contribution in [0.5, 0.6) is 0 Å². The zero-order valence-corrected chi connectivity index (χ0v) is 10.2. The SMILES string of the molecule is O=C(O)CN(c1nnnn1-c1ccccc1)C1CC1. The van der Waals surface area contributed by atoms with Crippen molar-refractivity contribution in [1.82, 2.24) is 20.2 Å². The summed E-state index contributed by atoms with van der Waals surface area (Å²) in [6.07, 6.45) is 1.96. The number of carboxylic acids is 1. The molecule has 1 aromatic carbocycles. The van der Waals surface area contributed by atoms with Gasteiger partial charge in [0.05, 0.1) is 5.69 Å². The Kier molecular flexibility index (Phi) is 2.86. The Balaban J connectivity index is 1.96. The topological polar surface area (TPSA) is 84.1 Å². The molecular weight excluding hydrogens is 246 g/mol. The van der Waals surface area contributed by atoms with Crippen molar-refractivity contribution in [2.24, 2.45) is 0 Å². The summed E-state index contributed by atoms with van der Waals surface area (Å²) < 4.78 is 1.57. The van der Waals surface area contributed by atoms with Crippen molar-refractivity contribution in [2.45, 2.75) is 18.9 Å². The van der Waals surface area contributed by atoms with Gasteiger partial charge in [0.25, 0.3) is 5.95 Å². The van der Waals surface area contributed by atoms with Crippen molar-refractivity contribution in [2.75, 3.05) is 11.4 Å². The predicted octanol–water partition coefficient (Wildman–Crippen LogP) is 0.716. The average molecular weight is 259 g/mol. The van der Waals surface area contributed by atoms with Gasteiger partial charge >= 0.3 is 5.97 Å². The van der Waals surface area contributed by atoms with E-state index in [1.54, 1.807) is 9.58 Å². The van der Waals surface area contributed by atoms with E-state index in [1.807, 2.05) is 30.3 Å². The van der Waals surface area contributed by atoms with E-state index < -0.39 is 5.97 Å². The van der Waals surface area contributed by atoms with Crippen LogP contribution in [0.1, 0.15) is 12.8 Å². The summed E-state index contributed by atoms with van der Waals surface area (Å²) in [7, 11) is 0. The Bertz CT molecular complexity index is 579. The molecule has 1 saturated carbocycles. The summed E-state index contributed by atoms with van der Waals surface area (Å²) in [5, 5.41) is 20.6. The highest BCUT2D eigenvalue weighted by Crippen LogP contribution is 2.30. The van der Waals surface area contributed by atoms with Gasteiger partial charge < -0.3 is 10.0 Å². The number of para-hydroxylation sites is 1. The second-order valence-corrected chi connectivity index (χ2v) is 4.48. The molecule has 0 amide bonds. The summed E-state index contributed by atoms with van der Waals surface area (Å²) in [4.78, 5) is 12.7. The van der Waals surface area contributed by atoms with Crippen LogP contribution < -0.4 is 4.90 Å². The minimum Gasteiger partial charge on any atom is -0.480 e. The molecule has 0 spiro atoms. The Morgan fingerprint density at radius 2 is 2.11 bits per heavy atom. The van der Waals surface area contributed by atoms with Crippen molar-refractivity contribution in [3.8, 4) is 5.69 Å². The number of rotatable bonds is 5. The highest BCUT2D eigenvalue weighted by molar-refractivity contribution is 5.73. The highest BCUT2D eigenvalue weighted by atomic mass is 16.4. The van der Waals surface area contributed by atoms with Crippen LogP contribution in [-0.2, 0) is 4.79 Å². The van der Waals surface area contributed by atoms with Gasteiger partial charge in [0.15, 0.2) is 0 Å². The average Bonchev–Trinajstić information content (AvgIpc) is 3.14. The van der Waals surface area contributed by atoms with E-state index in [0.29, 0.717) is 5.95 Å². The van der Waals surface area contributed by atoms with E-state index in [0.717, 1.165) is 18.5 Å². The molecule has 19 heavy (non-hydrogen) atoms. The molecule has 0 radical (unpaired) electrons. The van der Waals surface area contributed by atoms with E-state index >= 15 is 0 Å². The summed E-state index contributed by atoms with van der Waals surface area (Å²) in [6.45, 7) is -0.0854. The van der Waals surface area contributed by atoms with Gasteiger partial charge in [0.2, 0.25) is 0 Å². The van der Waals surface area contributed by atoms with Gasteiger partial charge in [-0.1, -0.05) is 23.3 Å². The first-order valence-corrected chi connectivity index (χ1v) is 6.08. The summed E-state index contributed by atoms with van der Waals surface area (Å²) >= 11 is 0. The van der Waals surface area contributed by atoms with Gasteiger partial charge in [-0.2, -0.15) is 4.68 Å². The molecule has 1 N–H and O–H groups in total. The fourth-order valence-electron chi connectivity index (χ4n) is 1.99. The number of tetrazole rings is 1. The normalized spacial score (nSPS) is 14.3. The first-order valence-electron chi connectivity index (χ1n) is 6.08. The predicted molar refractivity (Wildman–Crippen MR) is 67.2 cm³/mol. The van der Waals surface area contributed by atoms with E-state index in [4.69, 9.17) is 5.11 Å². The molecule has 0 unspecified atom stereocenters. The van der Waals surface area contributed by atoms with E-state index in [-0.39, 0.29) is 12.6 Å². The van der Waals surface area contributed by atoms with Crippen LogP contribution in [0.2, 0.25) is 0 Å². The lowest BCUT2D eigenvalue weighted by molar-refractivity contribution is -0.135. The van der Waals surface area contributed by atoms with E-state index in [1.165, 1.54) is 0 Å². The fraction of sp³-hybridized carbons (Fsp3) is 0.333. The third-order valence-corrected chi connectivity index (χ3v) is 3.00. The molecule has 0 atom stereocenters. The quantitative estimate of drug-likeness (QED) is 0.851. The minimum absolute atomic E-state index is 0.0854. The smallest absolute Gasteiger partial charge is 0.323 e. The third-order valence-electron chi connectivity index (χ3n) is 3.00. The van der Waals surface area contributed by atoms with E-state index in [2.05, 4.69) is 15.5 Å². The molecule has 1 heterocycles. The fourth-order valence-corrected chi connectivity index (χ4v) is 1.99. The van der Waals surface area contributed by atoms with Gasteiger partial charge in [-0.05, 0) is 35.4 Å². The van der Waals surface area contributed by atoms with Crippen molar-refractivity contribution in [1.29, 1.82) is 0 Å². The number of hydrogen-bond donors (Lipinski definition) is 1. The highest BCUT2D eigenvalue weighted by Gasteiger charge is 2.34. The second-order valence-electron chi connectivity index (χ2n) is 4.48. The molecule has 1 aliphatic carbocycles. The number of aromatic nitrogens is 4. The standard InChI is InChI=1S/C12H13N5O2/c18-11(19)8-16(9-6-7-9)12-13-14-15-17(12)10-4-2-1-3-5-10/h1-5,9H,6-8H2,(H,18,19). The maximum atomic E-state index is 11.0. The summed E-state index contributed by atoms with van der Waals surface area (Å²) in [5.74, 6) is -0.398. The number of hydrogen-bond acceptors (Lipinski definition) is 5. The lowest BCUT2D eigenvalue weighted by Gasteiger charge is -2.20. The summed E-state index contributed by atoms with van der Waals surface area (Å²) in [6, 6.07) is 9.67. The summed E-state index contributed by atoms with van der Waals surface area (Å²) in [5.41, 5.74) is 0.818. The van der Waals surface area contributed by atoms with Crippen LogP contribution in [-0.4, -0.2) is 43.9 Å². The van der Waals surface area contributed by atoms with Crippen molar-refractivity contribution in [3.05, 3.63) is 30.3 Å². The Hall–Kier alpha value is -2.44. The maximum Gasteiger partial charge on any atom is 0.323 e. The molecule has 7 heteroatoms. The van der Waals surface area contributed by atoms with Crippen molar-refractivity contribution >= 4 is 11.9 Å². The van der Waals surface area contributed by atoms with Crippen LogP contribution in [0.15, 0.2) is 30.3 Å². The molecular formula is C12H13N5O2. The molecule has 0 bridgehead atoms. The van der Waals surface area contributed by atoms with Gasteiger partial charge in [0.1, 0.15) is 6.54 Å². The number of carbonyl (C=O) groups is 1. The monoisotopic (exact) mass is 259 g/mol. The van der Waals surface area contributed by atoms with Gasteiger partial charge in [-0.25, -0.2) is 0 Å². The molecule has 1 aromatic heterocycles. The zero-order chi connectivity index (χ0) is 13.2. The Morgan fingerprint density at radius 1 is 1.37 bits per heavy atom. The Morgan fingerprint density at radius 3 is 2.74 bits per heavy atom. The minimum atomic E-state index is -0.880. The van der Waals surface area contributed by atoms with Crippen molar-refractivity contribution in [3.63, 3.8) is 0 Å². The van der Waals surface area contributed by atoms with Gasteiger partial charge in [-0.3, -0.25) is 4.79 Å². The van der Waals surface area contributed by atoms with Crippen LogP contribution in [0.3, 0.4) is 0 Å². The number of nitrogens with zero attached hydrogens (tertiary/aromatic N) is 5. The molecule has 3 rings (SSSR count). The number of aliphatic carboxylic acids is 1. The lowest BCUT2D eigenvalue weighted by atomic mass is 10.3. The van der Waals surface area contributed by atoms with Crippen LogP contribution in [0.4, 0.5) is 5.95 Å². The number of carboxylic acid groups (broad SMARTS) is 1. The molecule has 7 nitrogen and oxygen atoms in total. The molecule has 0 saturated heterocycles. The first-order chi connectivity index (χ1) is 9.25. The Labute approximate surface area is 109 Å².